The molecule has 6 nitrogen and oxygen atoms in total. The molecule has 1 fully saturated rings. The molecule has 1 unspecified atom stereocenters. The van der Waals surface area contributed by atoms with Gasteiger partial charge in [-0.3, -0.25) is 4.79 Å². The second kappa shape index (κ2) is 8.54. The third-order valence-corrected chi connectivity index (χ3v) is 7.45. The van der Waals surface area contributed by atoms with Crippen molar-refractivity contribution in [3.8, 4) is 0 Å². The number of benzene rings is 2. The number of rotatable bonds is 4. The van der Waals surface area contributed by atoms with Crippen molar-refractivity contribution in [1.29, 1.82) is 0 Å². The van der Waals surface area contributed by atoms with E-state index in [2.05, 4.69) is 5.32 Å². The molecular formula is C19H17ClF3NO5S. The van der Waals surface area contributed by atoms with Crippen molar-refractivity contribution in [2.75, 3.05) is 5.32 Å². The van der Waals surface area contributed by atoms with E-state index in [9.17, 15) is 36.6 Å². The monoisotopic (exact) mass is 463 g/mol. The summed E-state index contributed by atoms with van der Waals surface area (Å²) in [5.41, 5.74) is -0.547. The topological polar surface area (TPSA) is 104 Å². The molecule has 0 bridgehead atoms. The smallest absolute Gasteiger partial charge is 0.255 e. The second-order valence-electron chi connectivity index (χ2n) is 7.03. The van der Waals surface area contributed by atoms with E-state index in [-0.39, 0.29) is 40.4 Å². The molecule has 3 atom stereocenters. The molecule has 0 spiro atoms. The van der Waals surface area contributed by atoms with Gasteiger partial charge in [-0.2, -0.15) is 0 Å². The maximum atomic E-state index is 13.3. The Bertz CT molecular complexity index is 1060. The summed E-state index contributed by atoms with van der Waals surface area (Å²) in [6.07, 6.45) is -2.13. The molecule has 0 heterocycles. The Morgan fingerprint density at radius 2 is 1.57 bits per heavy atom. The summed E-state index contributed by atoms with van der Waals surface area (Å²) in [5, 5.41) is 20.5. The van der Waals surface area contributed by atoms with E-state index < -0.39 is 50.7 Å². The van der Waals surface area contributed by atoms with Gasteiger partial charge in [-0.25, -0.2) is 21.6 Å². The molecule has 162 valence electrons. The highest BCUT2D eigenvalue weighted by Crippen LogP contribution is 2.33. The van der Waals surface area contributed by atoms with Gasteiger partial charge in [-0.15, -0.1) is 0 Å². The fourth-order valence-corrected chi connectivity index (χ4v) is 5.72. The normalized spacial score (nSPS) is 22.0. The molecule has 1 aliphatic carbocycles. The largest absolute Gasteiger partial charge is 0.393 e. The Morgan fingerprint density at radius 3 is 2.13 bits per heavy atom. The van der Waals surface area contributed by atoms with E-state index >= 15 is 0 Å². The first kappa shape index (κ1) is 22.5. The molecule has 1 saturated carbocycles. The highest BCUT2D eigenvalue weighted by molar-refractivity contribution is 7.92. The molecule has 3 rings (SSSR count). The molecule has 2 aromatic carbocycles. The van der Waals surface area contributed by atoms with Gasteiger partial charge in [-0.05, 0) is 37.5 Å². The maximum Gasteiger partial charge on any atom is 0.255 e. The molecule has 0 saturated heterocycles. The minimum Gasteiger partial charge on any atom is -0.393 e. The van der Waals surface area contributed by atoms with Crippen LogP contribution in [0.1, 0.15) is 29.6 Å². The van der Waals surface area contributed by atoms with Crippen molar-refractivity contribution in [3.63, 3.8) is 0 Å². The summed E-state index contributed by atoms with van der Waals surface area (Å²) in [7, 11) is -4.11. The van der Waals surface area contributed by atoms with E-state index in [0.717, 1.165) is 6.07 Å². The molecular weight excluding hydrogens is 447 g/mol. The molecule has 3 N–H and O–H groups in total. The van der Waals surface area contributed by atoms with Gasteiger partial charge in [0.05, 0.1) is 27.4 Å². The van der Waals surface area contributed by atoms with Crippen LogP contribution in [0.2, 0.25) is 5.02 Å². The molecule has 2 aromatic rings. The zero-order valence-electron chi connectivity index (χ0n) is 15.3. The fraction of sp³-hybridized carbons (Fsp3) is 0.316. The first-order valence-electron chi connectivity index (χ1n) is 8.84. The number of halogens is 4. The lowest BCUT2D eigenvalue weighted by molar-refractivity contribution is 0.0422. The third-order valence-electron chi connectivity index (χ3n) is 4.79. The standard InChI is InChI=1S/C19H17ClF3NO5S/c20-14-2-1-9(19(27)24-10-4-15(21)18(23)16(22)5-10)3-17(14)30(28,29)13-7-11(25)6-12(26)8-13/h1-5,11-13,25-26H,6-8H2,(H,24,27)/t11-,12+,13?. The van der Waals surface area contributed by atoms with Gasteiger partial charge in [0.2, 0.25) is 0 Å². The van der Waals surface area contributed by atoms with E-state index in [0.29, 0.717) is 12.1 Å². The number of aliphatic hydroxyl groups is 2. The van der Waals surface area contributed by atoms with Crippen molar-refractivity contribution in [2.45, 2.75) is 41.6 Å². The van der Waals surface area contributed by atoms with E-state index in [1.54, 1.807) is 0 Å². The predicted molar refractivity (Wildman–Crippen MR) is 103 cm³/mol. The molecule has 11 heteroatoms. The molecule has 0 aliphatic heterocycles. The van der Waals surface area contributed by atoms with Gasteiger partial charge in [0.1, 0.15) is 0 Å². The summed E-state index contributed by atoms with van der Waals surface area (Å²) in [6, 6.07) is 4.53. The third kappa shape index (κ3) is 4.61. The maximum absolute atomic E-state index is 13.3. The Morgan fingerprint density at radius 1 is 1.00 bits per heavy atom. The average Bonchev–Trinajstić information content (AvgIpc) is 2.65. The number of anilines is 1. The van der Waals surface area contributed by atoms with Crippen LogP contribution in [0, 0.1) is 17.5 Å². The number of hydrogen-bond acceptors (Lipinski definition) is 5. The van der Waals surface area contributed by atoms with E-state index in [1.807, 2.05) is 0 Å². The lowest BCUT2D eigenvalue weighted by atomic mass is 9.95. The van der Waals surface area contributed by atoms with Crippen LogP contribution in [0.25, 0.3) is 0 Å². The fourth-order valence-electron chi connectivity index (χ4n) is 3.34. The van der Waals surface area contributed by atoms with Crippen molar-refractivity contribution in [1.82, 2.24) is 0 Å². The van der Waals surface area contributed by atoms with Crippen molar-refractivity contribution in [2.24, 2.45) is 0 Å². The van der Waals surface area contributed by atoms with Gasteiger partial charge >= 0.3 is 0 Å². The van der Waals surface area contributed by atoms with Gasteiger partial charge in [0, 0.05) is 23.4 Å². The highest BCUT2D eigenvalue weighted by atomic mass is 35.5. The van der Waals surface area contributed by atoms with Crippen molar-refractivity contribution in [3.05, 3.63) is 58.4 Å². The Labute approximate surface area is 175 Å². The quantitative estimate of drug-likeness (QED) is 0.605. The summed E-state index contributed by atoms with van der Waals surface area (Å²) in [4.78, 5) is 12.0. The summed E-state index contributed by atoms with van der Waals surface area (Å²) in [5.74, 6) is -5.60. The number of hydrogen-bond donors (Lipinski definition) is 3. The zero-order chi connectivity index (χ0) is 22.2. The van der Waals surface area contributed by atoms with Gasteiger partial charge in [-0.1, -0.05) is 11.6 Å². The minimum absolute atomic E-state index is 0.0625. The van der Waals surface area contributed by atoms with Crippen LogP contribution in [0.3, 0.4) is 0 Å². The van der Waals surface area contributed by atoms with Gasteiger partial charge in [0.15, 0.2) is 27.3 Å². The van der Waals surface area contributed by atoms with Crippen LogP contribution >= 0.6 is 11.6 Å². The van der Waals surface area contributed by atoms with Crippen LogP contribution in [-0.4, -0.2) is 42.0 Å². The Kier molecular flexibility index (Phi) is 6.42. The van der Waals surface area contributed by atoms with Gasteiger partial charge < -0.3 is 15.5 Å². The second-order valence-corrected chi connectivity index (χ2v) is 9.64. The molecule has 1 amide bonds. The minimum atomic E-state index is -4.11. The number of carbonyl (C=O) groups excluding carboxylic acids is 1. The molecule has 0 aromatic heterocycles. The lowest BCUT2D eigenvalue weighted by Gasteiger charge is -2.29. The van der Waals surface area contributed by atoms with E-state index in [1.165, 1.54) is 12.1 Å². The zero-order valence-corrected chi connectivity index (χ0v) is 16.9. The van der Waals surface area contributed by atoms with Crippen LogP contribution < -0.4 is 5.32 Å². The number of aliphatic hydroxyl groups excluding tert-OH is 2. The number of carbonyl (C=O) groups is 1. The van der Waals surface area contributed by atoms with Crippen LogP contribution in [-0.2, 0) is 9.84 Å². The molecule has 1 aliphatic rings. The number of nitrogens with one attached hydrogen (secondary N) is 1. The number of sulfone groups is 1. The van der Waals surface area contributed by atoms with Gasteiger partial charge in [0.25, 0.3) is 5.91 Å². The number of amides is 1. The summed E-state index contributed by atoms with van der Waals surface area (Å²) < 4.78 is 65.7. The molecule has 0 radical (unpaired) electrons. The van der Waals surface area contributed by atoms with Crippen LogP contribution in [0.5, 0.6) is 0 Å². The summed E-state index contributed by atoms with van der Waals surface area (Å²) in [6.45, 7) is 0. The molecule has 30 heavy (non-hydrogen) atoms. The summed E-state index contributed by atoms with van der Waals surface area (Å²) >= 11 is 6.02. The lowest BCUT2D eigenvalue weighted by Crippen LogP contribution is -2.37. The van der Waals surface area contributed by atoms with Crippen molar-refractivity contribution < 1.29 is 36.6 Å². The average molecular weight is 464 g/mol. The first-order valence-corrected chi connectivity index (χ1v) is 10.8. The first-order chi connectivity index (χ1) is 14.0. The van der Waals surface area contributed by atoms with Crippen LogP contribution in [0.15, 0.2) is 35.2 Å². The van der Waals surface area contributed by atoms with Crippen LogP contribution in [0.4, 0.5) is 18.9 Å². The van der Waals surface area contributed by atoms with Crippen molar-refractivity contribution >= 4 is 33.0 Å². The van der Waals surface area contributed by atoms with E-state index in [4.69, 9.17) is 11.6 Å². The SMILES string of the molecule is O=C(Nc1cc(F)c(F)c(F)c1)c1ccc(Cl)c(S(=O)(=O)C2C[C@@H](O)C[C@@H](O)C2)c1. The highest BCUT2D eigenvalue weighted by Gasteiger charge is 2.37. The predicted octanol–water partition coefficient (Wildman–Crippen LogP) is 3.06. The Balaban J connectivity index is 1.90. The Hall–Kier alpha value is -2.14.